The molecular weight excluding hydrogens is 253 g/mol. The van der Waals surface area contributed by atoms with E-state index in [0.717, 1.165) is 6.07 Å². The van der Waals surface area contributed by atoms with Crippen molar-refractivity contribution in [3.63, 3.8) is 0 Å². The lowest BCUT2D eigenvalue weighted by Gasteiger charge is -2.06. The molecule has 0 aliphatic heterocycles. The van der Waals surface area contributed by atoms with Crippen LogP contribution < -0.4 is 5.32 Å². The minimum atomic E-state index is -0.798. The van der Waals surface area contributed by atoms with Crippen LogP contribution in [0.25, 0.3) is 0 Å². The summed E-state index contributed by atoms with van der Waals surface area (Å²) in [6, 6.07) is 2.48. The van der Waals surface area contributed by atoms with Crippen LogP contribution in [0.1, 0.15) is 10.4 Å². The Morgan fingerprint density at radius 2 is 2.29 bits per heavy atom. The second-order valence-electron chi connectivity index (χ2n) is 2.71. The van der Waals surface area contributed by atoms with Crippen LogP contribution in [-0.4, -0.2) is 24.5 Å². The fourth-order valence-electron chi connectivity index (χ4n) is 1.06. The van der Waals surface area contributed by atoms with Gasteiger partial charge in [-0.3, -0.25) is 4.79 Å². The largest absolute Gasteiger partial charge is 0.504 e. The molecule has 0 bridgehead atoms. The Morgan fingerprint density at radius 1 is 1.64 bits per heavy atom. The van der Waals surface area contributed by atoms with Gasteiger partial charge >= 0.3 is 0 Å². The summed E-state index contributed by atoms with van der Waals surface area (Å²) in [5.41, 5.74) is -0.0284. The number of likely N-dealkylation sites (N-methyl/N-ethyl adjacent to an activating group) is 1. The van der Waals surface area contributed by atoms with E-state index in [4.69, 9.17) is 0 Å². The lowest BCUT2D eigenvalue weighted by Crippen LogP contribution is -2.19. The van der Waals surface area contributed by atoms with Crippen LogP contribution >= 0.6 is 15.9 Å². The van der Waals surface area contributed by atoms with Crippen molar-refractivity contribution in [2.45, 2.75) is 0 Å². The standard InChI is InChI=1S/C9H9BrFNO2/c1-12-4-7(13)8-5(10)2-3-6(11)9(8)14/h2-3,12,14H,4H2,1H3. The lowest BCUT2D eigenvalue weighted by molar-refractivity contribution is 0.0989. The summed E-state index contributed by atoms with van der Waals surface area (Å²) in [6.45, 7) is 0.0512. The van der Waals surface area contributed by atoms with Crippen LogP contribution in [0.2, 0.25) is 0 Å². The van der Waals surface area contributed by atoms with E-state index in [0.29, 0.717) is 4.47 Å². The average Bonchev–Trinajstić information content (AvgIpc) is 2.13. The first kappa shape index (κ1) is 11.1. The zero-order valence-corrected chi connectivity index (χ0v) is 9.06. The normalized spacial score (nSPS) is 10.2. The summed E-state index contributed by atoms with van der Waals surface area (Å²) in [5.74, 6) is -1.77. The highest BCUT2D eigenvalue weighted by molar-refractivity contribution is 9.10. The molecule has 76 valence electrons. The van der Waals surface area contributed by atoms with Crippen molar-refractivity contribution in [3.05, 3.63) is 28.0 Å². The Labute approximate surface area is 89.1 Å². The molecule has 0 amide bonds. The third kappa shape index (κ3) is 2.10. The predicted molar refractivity (Wildman–Crippen MR) is 54.0 cm³/mol. The molecule has 0 unspecified atom stereocenters. The predicted octanol–water partition coefficient (Wildman–Crippen LogP) is 1.70. The number of carbonyl (C=O) groups excluding carboxylic acids is 1. The number of hydrogen-bond donors (Lipinski definition) is 2. The second kappa shape index (κ2) is 4.52. The van der Waals surface area contributed by atoms with E-state index in [1.165, 1.54) is 6.07 Å². The number of benzene rings is 1. The quantitative estimate of drug-likeness (QED) is 0.815. The molecule has 3 nitrogen and oxygen atoms in total. The molecule has 1 aromatic rings. The molecule has 0 spiro atoms. The lowest BCUT2D eigenvalue weighted by atomic mass is 10.1. The molecule has 5 heteroatoms. The molecule has 14 heavy (non-hydrogen) atoms. The molecule has 0 atom stereocenters. The first-order valence-electron chi connectivity index (χ1n) is 3.92. The summed E-state index contributed by atoms with van der Waals surface area (Å²) in [6.07, 6.45) is 0. The summed E-state index contributed by atoms with van der Waals surface area (Å²) >= 11 is 3.08. The zero-order valence-electron chi connectivity index (χ0n) is 7.47. The highest BCUT2D eigenvalue weighted by atomic mass is 79.9. The Bertz CT molecular complexity index is 368. The number of aromatic hydroxyl groups is 1. The van der Waals surface area contributed by atoms with Gasteiger partial charge in [-0.2, -0.15) is 0 Å². The summed E-state index contributed by atoms with van der Waals surface area (Å²) in [7, 11) is 1.60. The number of halogens is 2. The first-order chi connectivity index (χ1) is 6.57. The number of hydrogen-bond acceptors (Lipinski definition) is 3. The maximum absolute atomic E-state index is 12.9. The van der Waals surface area contributed by atoms with Crippen molar-refractivity contribution in [2.75, 3.05) is 13.6 Å². The van der Waals surface area contributed by atoms with E-state index in [2.05, 4.69) is 21.2 Å². The van der Waals surface area contributed by atoms with Gasteiger partial charge in [-0.15, -0.1) is 0 Å². The third-order valence-electron chi connectivity index (χ3n) is 1.69. The Kier molecular flexibility index (Phi) is 3.60. The molecule has 0 radical (unpaired) electrons. The molecule has 0 aromatic heterocycles. The summed E-state index contributed by atoms with van der Waals surface area (Å²) in [5, 5.41) is 12.0. The minimum absolute atomic E-state index is 0.0284. The summed E-state index contributed by atoms with van der Waals surface area (Å²) in [4.78, 5) is 11.4. The van der Waals surface area contributed by atoms with Gasteiger partial charge in [0.1, 0.15) is 0 Å². The van der Waals surface area contributed by atoms with Crippen LogP contribution in [0.3, 0.4) is 0 Å². The Morgan fingerprint density at radius 3 is 2.86 bits per heavy atom. The van der Waals surface area contributed by atoms with Crippen LogP contribution in [0.15, 0.2) is 16.6 Å². The van der Waals surface area contributed by atoms with Gasteiger partial charge in [-0.1, -0.05) is 0 Å². The number of phenolic OH excluding ortho intramolecular Hbond substituents is 1. The van der Waals surface area contributed by atoms with Crippen molar-refractivity contribution in [1.29, 1.82) is 0 Å². The van der Waals surface area contributed by atoms with Crippen molar-refractivity contribution in [3.8, 4) is 5.75 Å². The smallest absolute Gasteiger partial charge is 0.181 e. The van der Waals surface area contributed by atoms with E-state index < -0.39 is 11.6 Å². The Balaban J connectivity index is 3.18. The number of nitrogens with one attached hydrogen (secondary N) is 1. The van der Waals surface area contributed by atoms with E-state index in [9.17, 15) is 14.3 Å². The molecule has 1 rings (SSSR count). The fourth-order valence-corrected chi connectivity index (χ4v) is 1.60. The third-order valence-corrected chi connectivity index (χ3v) is 2.35. The molecular formula is C9H9BrFNO2. The molecule has 2 N–H and O–H groups in total. The number of phenols is 1. The maximum Gasteiger partial charge on any atom is 0.181 e. The van der Waals surface area contributed by atoms with Crippen LogP contribution in [-0.2, 0) is 0 Å². The van der Waals surface area contributed by atoms with E-state index in [1.807, 2.05) is 0 Å². The molecule has 0 aliphatic carbocycles. The van der Waals surface area contributed by atoms with Gasteiger partial charge < -0.3 is 10.4 Å². The first-order valence-corrected chi connectivity index (χ1v) is 4.72. The number of carbonyl (C=O) groups is 1. The van der Waals surface area contributed by atoms with Gasteiger partial charge in [-0.05, 0) is 35.1 Å². The van der Waals surface area contributed by atoms with E-state index >= 15 is 0 Å². The maximum atomic E-state index is 12.9. The SMILES string of the molecule is CNCC(=O)c1c(Br)ccc(F)c1O. The molecule has 1 aromatic carbocycles. The Hall–Kier alpha value is -0.940. The van der Waals surface area contributed by atoms with Gasteiger partial charge in [0.2, 0.25) is 0 Å². The molecule has 0 saturated carbocycles. The molecule has 0 saturated heterocycles. The van der Waals surface area contributed by atoms with E-state index in [1.54, 1.807) is 7.05 Å². The van der Waals surface area contributed by atoms with Gasteiger partial charge in [0.05, 0.1) is 12.1 Å². The fraction of sp³-hybridized carbons (Fsp3) is 0.222. The highest BCUT2D eigenvalue weighted by Crippen LogP contribution is 2.28. The number of ketones is 1. The summed E-state index contributed by atoms with van der Waals surface area (Å²) < 4.78 is 13.3. The van der Waals surface area contributed by atoms with E-state index in [-0.39, 0.29) is 17.9 Å². The van der Waals surface area contributed by atoms with Gasteiger partial charge in [0, 0.05) is 4.47 Å². The molecule has 0 aliphatic rings. The monoisotopic (exact) mass is 261 g/mol. The topological polar surface area (TPSA) is 49.3 Å². The molecule has 0 fully saturated rings. The van der Waals surface area contributed by atoms with Crippen molar-refractivity contribution < 1.29 is 14.3 Å². The number of Topliss-reactive ketones (excluding diaryl/α,β-unsaturated/α-hetero) is 1. The number of rotatable bonds is 3. The van der Waals surface area contributed by atoms with Gasteiger partial charge in [0.15, 0.2) is 17.3 Å². The second-order valence-corrected chi connectivity index (χ2v) is 3.56. The van der Waals surface area contributed by atoms with Gasteiger partial charge in [-0.25, -0.2) is 4.39 Å². The van der Waals surface area contributed by atoms with Crippen molar-refractivity contribution >= 4 is 21.7 Å². The van der Waals surface area contributed by atoms with Gasteiger partial charge in [0.25, 0.3) is 0 Å². The average molecular weight is 262 g/mol. The minimum Gasteiger partial charge on any atom is -0.504 e. The zero-order chi connectivity index (χ0) is 10.7. The van der Waals surface area contributed by atoms with Crippen LogP contribution in [0.5, 0.6) is 5.75 Å². The van der Waals surface area contributed by atoms with Crippen molar-refractivity contribution in [2.24, 2.45) is 0 Å². The van der Waals surface area contributed by atoms with Crippen LogP contribution in [0, 0.1) is 5.82 Å². The van der Waals surface area contributed by atoms with Crippen molar-refractivity contribution in [1.82, 2.24) is 5.32 Å². The van der Waals surface area contributed by atoms with Crippen LogP contribution in [0.4, 0.5) is 4.39 Å². The molecule has 0 heterocycles. The highest BCUT2D eigenvalue weighted by Gasteiger charge is 2.17.